The lowest BCUT2D eigenvalue weighted by Crippen LogP contribution is -2.49. The number of thiocarbonyl (C=S) groups is 1. The van der Waals surface area contributed by atoms with Crippen molar-refractivity contribution in [2.75, 3.05) is 38.6 Å². The average molecular weight is 498 g/mol. The number of ether oxygens (including phenoxy) is 1. The molecule has 9 heteroatoms. The second-order valence-corrected chi connectivity index (χ2v) is 9.92. The van der Waals surface area contributed by atoms with Crippen molar-refractivity contribution in [3.8, 4) is 0 Å². The molecule has 0 atom stereocenters. The van der Waals surface area contributed by atoms with E-state index in [1.807, 2.05) is 28.9 Å². The minimum Gasteiger partial charge on any atom is -0.465 e. The lowest BCUT2D eigenvalue weighted by molar-refractivity contribution is 0.0602. The topological polar surface area (TPSA) is 62.6 Å². The lowest BCUT2D eigenvalue weighted by atomic mass is 10.1. The largest absolute Gasteiger partial charge is 0.465 e. The summed E-state index contributed by atoms with van der Waals surface area (Å²) in [5, 5.41) is 9.27. The fourth-order valence-electron chi connectivity index (χ4n) is 4.08. The number of rotatable bonds is 7. The number of hydrogen-bond donors (Lipinski definition) is 1. The summed E-state index contributed by atoms with van der Waals surface area (Å²) in [6.45, 7) is 9.48. The highest BCUT2D eigenvalue weighted by Gasteiger charge is 2.23. The van der Waals surface area contributed by atoms with E-state index in [4.69, 9.17) is 17.0 Å². The van der Waals surface area contributed by atoms with Crippen LogP contribution in [-0.2, 0) is 24.2 Å². The Morgan fingerprint density at radius 3 is 2.59 bits per heavy atom. The molecule has 1 N–H and O–H groups in total. The Morgan fingerprint density at radius 1 is 1.21 bits per heavy atom. The van der Waals surface area contributed by atoms with Crippen molar-refractivity contribution < 1.29 is 9.53 Å². The molecule has 180 valence electrons. The number of benzene rings is 1. The smallest absolute Gasteiger partial charge is 0.340 e. The molecule has 0 bridgehead atoms. The second-order valence-electron chi connectivity index (χ2n) is 8.40. The van der Waals surface area contributed by atoms with Crippen LogP contribution in [0, 0.1) is 6.92 Å². The third kappa shape index (κ3) is 5.84. The molecule has 0 radical (unpaired) electrons. The van der Waals surface area contributed by atoms with E-state index in [0.29, 0.717) is 10.7 Å². The number of hydrogen-bond acceptors (Lipinski definition) is 6. The number of nitrogens with zero attached hydrogens (tertiary/aromatic N) is 4. The predicted molar refractivity (Wildman–Crippen MR) is 141 cm³/mol. The fourth-order valence-corrected chi connectivity index (χ4v) is 5.51. The SMILES string of the molecule is CCn1cc(CN2CCN(C(=S)Nc3sc(Cc4ccccc4)cc3C(=O)OC)CC2)c(C)n1. The van der Waals surface area contributed by atoms with Crippen molar-refractivity contribution in [3.05, 3.63) is 69.9 Å². The van der Waals surface area contributed by atoms with Gasteiger partial charge in [0.25, 0.3) is 0 Å². The zero-order chi connectivity index (χ0) is 24.1. The standard InChI is InChI=1S/C25H31N5O2S2/c1-4-30-17-20(18(2)27-30)16-28-10-12-29(13-11-28)25(33)26-23-22(24(31)32-3)15-21(34-23)14-19-8-6-5-7-9-19/h5-9,15,17H,4,10-14,16H2,1-3H3,(H,26,33). The van der Waals surface area contributed by atoms with Gasteiger partial charge in [0.05, 0.1) is 18.4 Å². The van der Waals surface area contributed by atoms with Crippen LogP contribution in [0.5, 0.6) is 0 Å². The Labute approximate surface area is 210 Å². The maximum absolute atomic E-state index is 12.4. The number of carbonyl (C=O) groups is 1. The maximum atomic E-state index is 12.4. The number of aromatic nitrogens is 2. The van der Waals surface area contributed by atoms with Gasteiger partial charge in [0.2, 0.25) is 0 Å². The van der Waals surface area contributed by atoms with Gasteiger partial charge in [-0.3, -0.25) is 9.58 Å². The number of methoxy groups -OCH3 is 1. The summed E-state index contributed by atoms with van der Waals surface area (Å²) in [6, 6.07) is 12.1. The van der Waals surface area contributed by atoms with E-state index in [1.165, 1.54) is 18.2 Å². The molecule has 3 aromatic rings. The number of thiophene rings is 1. The molecule has 0 unspecified atom stereocenters. The van der Waals surface area contributed by atoms with Gasteiger partial charge in [-0.1, -0.05) is 30.3 Å². The summed E-state index contributed by atoms with van der Waals surface area (Å²) in [5.41, 5.74) is 4.11. The third-order valence-corrected chi connectivity index (χ3v) is 7.47. The van der Waals surface area contributed by atoms with Crippen LogP contribution in [0.15, 0.2) is 42.6 Å². The van der Waals surface area contributed by atoms with Crippen LogP contribution in [0.1, 0.15) is 39.0 Å². The number of anilines is 1. The summed E-state index contributed by atoms with van der Waals surface area (Å²) in [5.74, 6) is -0.353. The van der Waals surface area contributed by atoms with E-state index in [-0.39, 0.29) is 5.97 Å². The number of carbonyl (C=O) groups excluding carboxylic acids is 1. The first kappa shape index (κ1) is 24.4. The molecule has 0 saturated carbocycles. The fraction of sp³-hybridized carbons (Fsp3) is 0.400. The molecule has 4 rings (SSSR count). The maximum Gasteiger partial charge on any atom is 0.340 e. The van der Waals surface area contributed by atoms with Gasteiger partial charge in [-0.05, 0) is 37.7 Å². The molecule has 34 heavy (non-hydrogen) atoms. The highest BCUT2D eigenvalue weighted by Crippen LogP contribution is 2.31. The van der Waals surface area contributed by atoms with Crippen LogP contribution in [0.2, 0.25) is 0 Å². The van der Waals surface area contributed by atoms with Crippen LogP contribution >= 0.6 is 23.6 Å². The van der Waals surface area contributed by atoms with Crippen molar-refractivity contribution in [1.29, 1.82) is 0 Å². The first-order chi connectivity index (χ1) is 16.5. The van der Waals surface area contributed by atoms with Gasteiger partial charge in [0, 0.05) is 62.3 Å². The first-order valence-corrected chi connectivity index (χ1v) is 12.8. The quantitative estimate of drug-likeness (QED) is 0.388. The van der Waals surface area contributed by atoms with Gasteiger partial charge in [0.15, 0.2) is 5.11 Å². The van der Waals surface area contributed by atoms with Gasteiger partial charge in [-0.15, -0.1) is 11.3 Å². The molecule has 2 aromatic heterocycles. The lowest BCUT2D eigenvalue weighted by Gasteiger charge is -2.36. The van der Waals surface area contributed by atoms with Gasteiger partial charge in [-0.25, -0.2) is 4.79 Å². The van der Waals surface area contributed by atoms with Gasteiger partial charge in [-0.2, -0.15) is 5.10 Å². The van der Waals surface area contributed by atoms with Gasteiger partial charge < -0.3 is 15.0 Å². The second kappa shape index (κ2) is 11.1. The predicted octanol–water partition coefficient (Wildman–Crippen LogP) is 4.16. The van der Waals surface area contributed by atoms with Crippen molar-refractivity contribution in [3.63, 3.8) is 0 Å². The summed E-state index contributed by atoms with van der Waals surface area (Å²) in [7, 11) is 1.41. The average Bonchev–Trinajstić information content (AvgIpc) is 3.42. The zero-order valence-electron chi connectivity index (χ0n) is 19.9. The monoisotopic (exact) mass is 497 g/mol. The molecule has 3 heterocycles. The molecule has 1 saturated heterocycles. The molecule has 1 aliphatic rings. The molecule has 1 aliphatic heterocycles. The Kier molecular flexibility index (Phi) is 7.97. The third-order valence-electron chi connectivity index (χ3n) is 6.06. The summed E-state index contributed by atoms with van der Waals surface area (Å²) >= 11 is 7.28. The Morgan fingerprint density at radius 2 is 1.94 bits per heavy atom. The number of aryl methyl sites for hydroxylation is 2. The molecule has 0 spiro atoms. The normalized spacial score (nSPS) is 14.3. The summed E-state index contributed by atoms with van der Waals surface area (Å²) < 4.78 is 7.01. The van der Waals surface area contributed by atoms with Crippen LogP contribution < -0.4 is 5.32 Å². The summed E-state index contributed by atoms with van der Waals surface area (Å²) in [4.78, 5) is 18.1. The van der Waals surface area contributed by atoms with Gasteiger partial charge >= 0.3 is 5.97 Å². The van der Waals surface area contributed by atoms with Crippen LogP contribution in [0.3, 0.4) is 0 Å². The molecular weight excluding hydrogens is 466 g/mol. The molecule has 1 aromatic carbocycles. The summed E-state index contributed by atoms with van der Waals surface area (Å²) in [6.07, 6.45) is 2.91. The molecule has 7 nitrogen and oxygen atoms in total. The van der Waals surface area contributed by atoms with E-state index in [9.17, 15) is 4.79 Å². The van der Waals surface area contributed by atoms with Crippen molar-refractivity contribution >= 4 is 39.6 Å². The van der Waals surface area contributed by atoms with Crippen LogP contribution in [0.25, 0.3) is 0 Å². The van der Waals surface area contributed by atoms with Crippen LogP contribution in [-0.4, -0.2) is 64.0 Å². The van der Waals surface area contributed by atoms with E-state index in [1.54, 1.807) is 11.3 Å². The van der Waals surface area contributed by atoms with E-state index in [2.05, 4.69) is 52.4 Å². The Balaban J connectivity index is 1.37. The van der Waals surface area contributed by atoms with Crippen molar-refractivity contribution in [1.82, 2.24) is 19.6 Å². The number of nitrogens with one attached hydrogen (secondary N) is 1. The van der Waals surface area contributed by atoms with Crippen molar-refractivity contribution in [2.45, 2.75) is 33.4 Å². The van der Waals surface area contributed by atoms with Gasteiger partial charge in [0.1, 0.15) is 5.00 Å². The molecule has 1 fully saturated rings. The van der Waals surface area contributed by atoms with E-state index >= 15 is 0 Å². The number of esters is 1. The van der Waals surface area contributed by atoms with E-state index in [0.717, 1.165) is 61.3 Å². The first-order valence-electron chi connectivity index (χ1n) is 11.5. The Bertz CT molecular complexity index is 1130. The molecule has 0 aliphatic carbocycles. The van der Waals surface area contributed by atoms with Crippen LogP contribution in [0.4, 0.5) is 5.00 Å². The minimum absolute atomic E-state index is 0.353. The molecule has 0 amide bonds. The Hall–Kier alpha value is -2.75. The number of piperazine rings is 1. The molecular formula is C25H31N5O2S2. The van der Waals surface area contributed by atoms with Crippen molar-refractivity contribution in [2.24, 2.45) is 0 Å². The zero-order valence-corrected chi connectivity index (χ0v) is 21.5. The minimum atomic E-state index is -0.353. The van der Waals surface area contributed by atoms with E-state index < -0.39 is 0 Å². The highest BCUT2D eigenvalue weighted by atomic mass is 32.1. The highest BCUT2D eigenvalue weighted by molar-refractivity contribution is 7.80.